The molecule has 3 N–H and O–H groups in total. The van der Waals surface area contributed by atoms with E-state index in [0.29, 0.717) is 78.1 Å². The predicted octanol–water partition coefficient (Wildman–Crippen LogP) is 6.27. The standard InChI is InChI=1S/C41H49N5O7/c1-8-41(3,51-7)25(2)32-13-14-45(4)34-22-38(36(50-6)20-31(34)39(47)44-32)53-16-10-15-52-37-21-33-30(19-35(37)49-5)40(48)46-24-27(18-29(46)23-43-33)26-11-9-12-28(42)17-26/h8-9,11-12,17,19-25,29,32H,1,10,13-16,18,42H2,2-7H3,(H,44,47)/t25-,29?,32?,41?/m0/s1. The summed E-state index contributed by atoms with van der Waals surface area (Å²) in [5.41, 5.74) is 10.3. The van der Waals surface area contributed by atoms with E-state index in [0.717, 1.165) is 23.2 Å². The third-order valence-corrected chi connectivity index (χ3v) is 10.7. The van der Waals surface area contributed by atoms with E-state index >= 15 is 0 Å². The highest BCUT2D eigenvalue weighted by atomic mass is 16.5. The number of nitrogens with one attached hydrogen (secondary N) is 1. The molecule has 12 heteroatoms. The molecule has 4 atom stereocenters. The number of methoxy groups -OCH3 is 3. The molecule has 53 heavy (non-hydrogen) atoms. The van der Waals surface area contributed by atoms with Gasteiger partial charge in [0.25, 0.3) is 11.8 Å². The maximum Gasteiger partial charge on any atom is 0.260 e. The van der Waals surface area contributed by atoms with Crippen LogP contribution in [0.25, 0.3) is 5.57 Å². The Kier molecular flexibility index (Phi) is 11.0. The second kappa shape index (κ2) is 15.6. The number of anilines is 2. The number of benzene rings is 3. The first kappa shape index (κ1) is 37.3. The molecule has 0 bridgehead atoms. The molecule has 0 aliphatic carbocycles. The lowest BCUT2D eigenvalue weighted by Crippen LogP contribution is -2.50. The van der Waals surface area contributed by atoms with E-state index in [9.17, 15) is 9.59 Å². The van der Waals surface area contributed by atoms with Crippen LogP contribution in [0.15, 0.2) is 72.4 Å². The second-order valence-corrected chi connectivity index (χ2v) is 13.8. The van der Waals surface area contributed by atoms with Crippen LogP contribution in [0.4, 0.5) is 17.1 Å². The highest BCUT2D eigenvalue weighted by Crippen LogP contribution is 2.41. The summed E-state index contributed by atoms with van der Waals surface area (Å²) < 4.78 is 29.4. The van der Waals surface area contributed by atoms with Crippen LogP contribution in [-0.4, -0.2) is 88.7 Å². The minimum atomic E-state index is -0.589. The van der Waals surface area contributed by atoms with Gasteiger partial charge in [0, 0.05) is 75.7 Å². The van der Waals surface area contributed by atoms with Crippen molar-refractivity contribution < 1.29 is 33.3 Å². The number of nitrogen functional groups attached to an aromatic ring is 1. The van der Waals surface area contributed by atoms with Crippen molar-refractivity contribution in [1.82, 2.24) is 10.2 Å². The van der Waals surface area contributed by atoms with Crippen LogP contribution >= 0.6 is 0 Å². The number of amides is 2. The molecule has 3 aromatic carbocycles. The Balaban J connectivity index is 1.10. The molecule has 3 aromatic rings. The molecule has 0 saturated carbocycles. The van der Waals surface area contributed by atoms with Crippen molar-refractivity contribution in [2.75, 3.05) is 58.8 Å². The SMILES string of the molecule is C=CC(C)(OC)[C@@H](C)C1CCN(C)c2cc(OCCCOc3cc4c(cc3OC)C(=O)N3C=C(c5cccc(N)c5)CC3C=N4)c(OC)cc2C(=O)N1. The molecule has 3 aliphatic rings. The van der Waals surface area contributed by atoms with Gasteiger partial charge in [0.05, 0.1) is 61.6 Å². The number of ether oxygens (including phenoxy) is 5. The van der Waals surface area contributed by atoms with E-state index in [1.807, 2.05) is 50.5 Å². The summed E-state index contributed by atoms with van der Waals surface area (Å²) in [6, 6.07) is 14.3. The van der Waals surface area contributed by atoms with E-state index in [1.165, 1.54) is 0 Å². The van der Waals surface area contributed by atoms with Crippen molar-refractivity contribution in [3.8, 4) is 23.0 Å². The van der Waals surface area contributed by atoms with E-state index in [4.69, 9.17) is 34.4 Å². The van der Waals surface area contributed by atoms with Gasteiger partial charge in [0.1, 0.15) is 0 Å². The largest absolute Gasteiger partial charge is 0.493 e. The first-order valence-corrected chi connectivity index (χ1v) is 17.8. The molecular weight excluding hydrogens is 674 g/mol. The van der Waals surface area contributed by atoms with Gasteiger partial charge in [0.2, 0.25) is 0 Å². The van der Waals surface area contributed by atoms with Crippen LogP contribution < -0.4 is 34.9 Å². The number of rotatable bonds is 13. The number of fused-ring (bicyclic) bond motifs is 3. The van der Waals surface area contributed by atoms with Gasteiger partial charge >= 0.3 is 0 Å². The Labute approximate surface area is 311 Å². The van der Waals surface area contributed by atoms with E-state index in [-0.39, 0.29) is 29.8 Å². The van der Waals surface area contributed by atoms with Gasteiger partial charge in [-0.3, -0.25) is 14.6 Å². The summed E-state index contributed by atoms with van der Waals surface area (Å²) in [4.78, 5) is 35.8. The molecule has 2 amide bonds. The Morgan fingerprint density at radius 2 is 1.72 bits per heavy atom. The smallest absolute Gasteiger partial charge is 0.260 e. The maximum absolute atomic E-state index is 13.7. The molecule has 0 saturated heterocycles. The Hall–Kier alpha value is -5.49. The lowest BCUT2D eigenvalue weighted by Gasteiger charge is -2.39. The third-order valence-electron chi connectivity index (χ3n) is 10.7. The van der Waals surface area contributed by atoms with Crippen LogP contribution in [0.2, 0.25) is 0 Å². The quantitative estimate of drug-likeness (QED) is 0.119. The fraction of sp³-hybridized carbons (Fsp3) is 0.390. The summed E-state index contributed by atoms with van der Waals surface area (Å²) in [5, 5.41) is 3.22. The average molecular weight is 724 g/mol. The van der Waals surface area contributed by atoms with Crippen molar-refractivity contribution in [2.24, 2.45) is 10.9 Å². The molecule has 0 fully saturated rings. The highest BCUT2D eigenvalue weighted by Gasteiger charge is 2.37. The number of carbonyl (C=O) groups excluding carboxylic acids is 2. The van der Waals surface area contributed by atoms with E-state index < -0.39 is 5.60 Å². The van der Waals surface area contributed by atoms with Crippen LogP contribution in [-0.2, 0) is 4.74 Å². The zero-order chi connectivity index (χ0) is 37.9. The van der Waals surface area contributed by atoms with Gasteiger partial charge in [-0.2, -0.15) is 0 Å². The van der Waals surface area contributed by atoms with Crippen molar-refractivity contribution in [3.05, 3.63) is 84.1 Å². The maximum atomic E-state index is 13.7. The van der Waals surface area contributed by atoms with Gasteiger partial charge in [0.15, 0.2) is 23.0 Å². The zero-order valence-corrected chi connectivity index (χ0v) is 31.3. The Morgan fingerprint density at radius 1 is 1.02 bits per heavy atom. The number of aliphatic imine (C=N–C) groups is 1. The Morgan fingerprint density at radius 3 is 2.38 bits per heavy atom. The molecule has 0 spiro atoms. The normalized spacial score (nSPS) is 19.6. The minimum absolute atomic E-state index is 0.0125. The molecule has 6 rings (SSSR count). The molecule has 3 heterocycles. The van der Waals surface area contributed by atoms with Crippen molar-refractivity contribution in [1.29, 1.82) is 0 Å². The van der Waals surface area contributed by atoms with Crippen molar-refractivity contribution in [2.45, 2.75) is 50.8 Å². The van der Waals surface area contributed by atoms with Crippen molar-refractivity contribution in [3.63, 3.8) is 0 Å². The minimum Gasteiger partial charge on any atom is -0.493 e. The monoisotopic (exact) mass is 723 g/mol. The molecule has 0 aromatic heterocycles. The van der Waals surface area contributed by atoms with Gasteiger partial charge in [-0.25, -0.2) is 0 Å². The number of hydrogen-bond acceptors (Lipinski definition) is 10. The Bertz CT molecular complexity index is 1940. The van der Waals surface area contributed by atoms with Crippen LogP contribution in [0.1, 0.15) is 59.4 Å². The lowest BCUT2D eigenvalue weighted by molar-refractivity contribution is -0.00962. The summed E-state index contributed by atoms with van der Waals surface area (Å²) in [6.45, 7) is 9.34. The zero-order valence-electron chi connectivity index (χ0n) is 31.3. The van der Waals surface area contributed by atoms with E-state index in [2.05, 4.69) is 23.7 Å². The third kappa shape index (κ3) is 7.54. The topological polar surface area (TPSA) is 137 Å². The fourth-order valence-corrected chi connectivity index (χ4v) is 7.05. The first-order chi connectivity index (χ1) is 25.5. The van der Waals surface area contributed by atoms with Crippen LogP contribution in [0.3, 0.4) is 0 Å². The average Bonchev–Trinajstić information content (AvgIpc) is 3.56. The van der Waals surface area contributed by atoms with E-state index in [1.54, 1.807) is 56.7 Å². The van der Waals surface area contributed by atoms with Gasteiger partial charge in [-0.1, -0.05) is 25.1 Å². The van der Waals surface area contributed by atoms with Crippen molar-refractivity contribution >= 4 is 40.7 Å². The molecule has 0 radical (unpaired) electrons. The van der Waals surface area contributed by atoms with Gasteiger partial charge in [-0.05, 0) is 48.7 Å². The van der Waals surface area contributed by atoms with Crippen LogP contribution in [0.5, 0.6) is 23.0 Å². The lowest BCUT2D eigenvalue weighted by atomic mass is 9.82. The number of carbonyl (C=O) groups is 2. The molecule has 280 valence electrons. The van der Waals surface area contributed by atoms with Crippen LogP contribution in [0, 0.1) is 5.92 Å². The summed E-state index contributed by atoms with van der Waals surface area (Å²) in [5.74, 6) is 1.53. The highest BCUT2D eigenvalue weighted by molar-refractivity contribution is 6.05. The summed E-state index contributed by atoms with van der Waals surface area (Å²) >= 11 is 0. The molecule has 12 nitrogen and oxygen atoms in total. The second-order valence-electron chi connectivity index (χ2n) is 13.8. The number of hydrogen-bond donors (Lipinski definition) is 2. The molecule has 3 aliphatic heterocycles. The number of nitrogens with zero attached hydrogens (tertiary/aromatic N) is 3. The molecule has 3 unspecified atom stereocenters. The number of nitrogens with two attached hydrogens (primary N) is 1. The summed E-state index contributed by atoms with van der Waals surface area (Å²) in [7, 11) is 6.72. The molecular formula is C41H49N5O7. The first-order valence-electron chi connectivity index (χ1n) is 17.8. The van der Waals surface area contributed by atoms with Gasteiger partial charge in [-0.15, -0.1) is 6.58 Å². The predicted molar refractivity (Wildman–Crippen MR) is 207 cm³/mol. The fourth-order valence-electron chi connectivity index (χ4n) is 7.05. The van der Waals surface area contributed by atoms with Gasteiger partial charge < -0.3 is 44.5 Å². The summed E-state index contributed by atoms with van der Waals surface area (Å²) in [6.07, 6.45) is 7.37.